The summed E-state index contributed by atoms with van der Waals surface area (Å²) in [5.41, 5.74) is 11.0. The topological polar surface area (TPSA) is 81.2 Å². The van der Waals surface area contributed by atoms with Crippen LogP contribution in [0.15, 0.2) is 30.3 Å². The van der Waals surface area contributed by atoms with Gasteiger partial charge in [-0.15, -0.1) is 11.3 Å². The van der Waals surface area contributed by atoms with Gasteiger partial charge in [0.15, 0.2) is 0 Å². The predicted molar refractivity (Wildman–Crippen MR) is 95.6 cm³/mol. The van der Waals surface area contributed by atoms with Gasteiger partial charge in [-0.25, -0.2) is 4.98 Å². The van der Waals surface area contributed by atoms with Gasteiger partial charge in [0, 0.05) is 19.8 Å². The molecule has 0 amide bonds. The van der Waals surface area contributed by atoms with Crippen LogP contribution in [0, 0.1) is 11.3 Å². The summed E-state index contributed by atoms with van der Waals surface area (Å²) in [5, 5.41) is 9.95. The lowest BCUT2D eigenvalue weighted by Crippen LogP contribution is -1.94. The van der Waals surface area contributed by atoms with Crippen LogP contribution in [0.2, 0.25) is 0 Å². The van der Waals surface area contributed by atoms with E-state index in [1.807, 2.05) is 6.07 Å². The van der Waals surface area contributed by atoms with Gasteiger partial charge in [0.1, 0.15) is 10.5 Å². The molecule has 122 valence electrons. The number of nitriles is 1. The highest BCUT2D eigenvalue weighted by Gasteiger charge is 2.12. The van der Waals surface area contributed by atoms with Gasteiger partial charge in [0.2, 0.25) is 0 Å². The second-order valence-electron chi connectivity index (χ2n) is 5.45. The van der Waals surface area contributed by atoms with Crippen molar-refractivity contribution in [3.05, 3.63) is 47.0 Å². The molecule has 0 radical (unpaired) electrons. The Bertz CT molecular complexity index is 904. The minimum atomic E-state index is 0.524. The Balaban J connectivity index is 2.12. The molecule has 0 aliphatic rings. The Morgan fingerprint density at radius 3 is 2.33 bits per heavy atom. The molecule has 1 heterocycles. The fraction of sp³-hybridized carbons (Fsp3) is 0.222. The summed E-state index contributed by atoms with van der Waals surface area (Å²) in [5.74, 6) is 0. The van der Waals surface area contributed by atoms with Gasteiger partial charge in [-0.1, -0.05) is 6.07 Å². The highest BCUT2D eigenvalue weighted by Crippen LogP contribution is 2.34. The van der Waals surface area contributed by atoms with Crippen LogP contribution in [0.25, 0.3) is 20.8 Å². The molecule has 3 rings (SSSR count). The van der Waals surface area contributed by atoms with E-state index in [1.165, 1.54) is 11.3 Å². The molecular formula is C18H17N3O2S. The van der Waals surface area contributed by atoms with E-state index in [0.29, 0.717) is 24.5 Å². The first kappa shape index (κ1) is 16.4. The average molecular weight is 339 g/mol. The summed E-state index contributed by atoms with van der Waals surface area (Å²) >= 11 is 1.52. The minimum absolute atomic E-state index is 0.524. The number of nitrogen functional groups attached to an aromatic ring is 1. The van der Waals surface area contributed by atoms with Gasteiger partial charge in [-0.2, -0.15) is 5.26 Å². The first-order chi connectivity index (χ1) is 11.6. The van der Waals surface area contributed by atoms with Crippen LogP contribution in [0.4, 0.5) is 5.69 Å². The third kappa shape index (κ3) is 3.24. The molecule has 0 aliphatic heterocycles. The molecule has 3 aromatic rings. The zero-order chi connectivity index (χ0) is 17.1. The predicted octanol–water partition coefficient (Wildman–Crippen LogP) is 3.71. The lowest BCUT2D eigenvalue weighted by molar-refractivity contribution is 0.180. The molecule has 0 unspecified atom stereocenters. The Kier molecular flexibility index (Phi) is 4.76. The van der Waals surface area contributed by atoms with Crippen LogP contribution in [-0.4, -0.2) is 19.2 Å². The second kappa shape index (κ2) is 6.97. The van der Waals surface area contributed by atoms with Gasteiger partial charge in [-0.3, -0.25) is 0 Å². The van der Waals surface area contributed by atoms with E-state index in [4.69, 9.17) is 20.5 Å². The van der Waals surface area contributed by atoms with Crippen molar-refractivity contribution in [3.63, 3.8) is 0 Å². The van der Waals surface area contributed by atoms with Crippen LogP contribution >= 0.6 is 11.3 Å². The molecular weight excluding hydrogens is 322 g/mol. The van der Waals surface area contributed by atoms with Crippen LogP contribution in [0.5, 0.6) is 0 Å². The molecule has 0 atom stereocenters. The quantitative estimate of drug-likeness (QED) is 0.717. The number of rotatable bonds is 5. The number of hydrogen-bond donors (Lipinski definition) is 1. The third-order valence-corrected chi connectivity index (χ3v) is 4.63. The van der Waals surface area contributed by atoms with Crippen molar-refractivity contribution >= 4 is 27.2 Å². The Labute approximate surface area is 144 Å². The Morgan fingerprint density at radius 2 is 1.75 bits per heavy atom. The van der Waals surface area contributed by atoms with Crippen LogP contribution in [-0.2, 0) is 22.7 Å². The number of benzene rings is 2. The molecule has 2 aromatic carbocycles. The van der Waals surface area contributed by atoms with Crippen molar-refractivity contribution in [2.45, 2.75) is 13.2 Å². The number of aromatic nitrogens is 1. The van der Waals surface area contributed by atoms with Crippen molar-refractivity contribution in [1.82, 2.24) is 4.98 Å². The monoisotopic (exact) mass is 339 g/mol. The smallest absolute Gasteiger partial charge is 0.124 e. The van der Waals surface area contributed by atoms with E-state index >= 15 is 0 Å². The van der Waals surface area contributed by atoms with Gasteiger partial charge in [0.05, 0.1) is 35.2 Å². The SMILES string of the molecule is COCc1cc(COC)cc(-c2nc3c(N)cc(C#N)cc3s2)c1. The number of nitrogens with two attached hydrogens (primary N) is 1. The molecule has 0 fully saturated rings. The van der Waals surface area contributed by atoms with Gasteiger partial charge < -0.3 is 15.2 Å². The number of anilines is 1. The summed E-state index contributed by atoms with van der Waals surface area (Å²) < 4.78 is 11.4. The van der Waals surface area contributed by atoms with E-state index in [0.717, 1.165) is 31.9 Å². The summed E-state index contributed by atoms with van der Waals surface area (Å²) in [4.78, 5) is 4.66. The largest absolute Gasteiger partial charge is 0.397 e. The number of hydrogen-bond acceptors (Lipinski definition) is 6. The lowest BCUT2D eigenvalue weighted by atomic mass is 10.1. The molecule has 1 aromatic heterocycles. The second-order valence-corrected chi connectivity index (χ2v) is 6.48. The van der Waals surface area contributed by atoms with Gasteiger partial charge in [0.25, 0.3) is 0 Å². The molecule has 5 nitrogen and oxygen atoms in total. The van der Waals surface area contributed by atoms with Crippen LogP contribution in [0.1, 0.15) is 16.7 Å². The van der Waals surface area contributed by atoms with Crippen molar-refractivity contribution in [3.8, 4) is 16.6 Å². The first-order valence-corrected chi connectivity index (χ1v) is 8.17. The maximum Gasteiger partial charge on any atom is 0.124 e. The lowest BCUT2D eigenvalue weighted by Gasteiger charge is -2.07. The van der Waals surface area contributed by atoms with Crippen molar-refractivity contribution in [1.29, 1.82) is 5.26 Å². The molecule has 0 aliphatic carbocycles. The van der Waals surface area contributed by atoms with E-state index < -0.39 is 0 Å². The molecule has 0 saturated heterocycles. The van der Waals surface area contributed by atoms with E-state index in [9.17, 15) is 0 Å². The maximum absolute atomic E-state index is 9.09. The molecule has 2 N–H and O–H groups in total. The summed E-state index contributed by atoms with van der Waals surface area (Å²) in [6.45, 7) is 1.05. The average Bonchev–Trinajstić information content (AvgIpc) is 3.00. The Hall–Kier alpha value is -2.46. The van der Waals surface area contributed by atoms with E-state index in [2.05, 4.69) is 29.3 Å². The van der Waals surface area contributed by atoms with Gasteiger partial charge >= 0.3 is 0 Å². The Morgan fingerprint density at radius 1 is 1.08 bits per heavy atom. The maximum atomic E-state index is 9.09. The third-order valence-electron chi connectivity index (χ3n) is 3.58. The summed E-state index contributed by atoms with van der Waals surface area (Å²) in [6.07, 6.45) is 0. The van der Waals surface area contributed by atoms with Crippen molar-refractivity contribution in [2.24, 2.45) is 0 Å². The zero-order valence-electron chi connectivity index (χ0n) is 13.5. The molecule has 0 saturated carbocycles. The fourth-order valence-corrected chi connectivity index (χ4v) is 3.66. The highest BCUT2D eigenvalue weighted by molar-refractivity contribution is 7.21. The highest BCUT2D eigenvalue weighted by atomic mass is 32.1. The fourth-order valence-electron chi connectivity index (χ4n) is 2.63. The molecule has 6 heteroatoms. The minimum Gasteiger partial charge on any atom is -0.397 e. The van der Waals surface area contributed by atoms with Crippen LogP contribution < -0.4 is 5.73 Å². The molecule has 24 heavy (non-hydrogen) atoms. The van der Waals surface area contributed by atoms with Crippen molar-refractivity contribution in [2.75, 3.05) is 20.0 Å². The van der Waals surface area contributed by atoms with Gasteiger partial charge in [-0.05, 0) is 35.4 Å². The first-order valence-electron chi connectivity index (χ1n) is 7.36. The van der Waals surface area contributed by atoms with E-state index in [-0.39, 0.29) is 0 Å². The number of ether oxygens (including phenoxy) is 2. The number of methoxy groups -OCH3 is 2. The standard InChI is InChI=1S/C18H17N3O2S/c1-22-9-12-3-13(10-23-2)5-14(4-12)18-21-17-15(20)6-11(8-19)7-16(17)24-18/h3-7H,9-10,20H2,1-2H3. The molecule has 0 bridgehead atoms. The number of thiazole rings is 1. The molecule has 0 spiro atoms. The van der Waals surface area contributed by atoms with Crippen molar-refractivity contribution < 1.29 is 9.47 Å². The number of nitrogens with zero attached hydrogens (tertiary/aromatic N) is 2. The van der Waals surface area contributed by atoms with Crippen LogP contribution in [0.3, 0.4) is 0 Å². The summed E-state index contributed by atoms with van der Waals surface area (Å²) in [6, 6.07) is 11.8. The normalized spacial score (nSPS) is 10.9. The zero-order valence-corrected chi connectivity index (χ0v) is 14.3. The summed E-state index contributed by atoms with van der Waals surface area (Å²) in [7, 11) is 3.34. The number of fused-ring (bicyclic) bond motifs is 1. The van der Waals surface area contributed by atoms with E-state index in [1.54, 1.807) is 20.3 Å².